The zero-order valence-electron chi connectivity index (χ0n) is 12.5. The third-order valence-electron chi connectivity index (χ3n) is 4.28. The minimum absolute atomic E-state index is 0.0678. The van der Waals surface area contributed by atoms with Gasteiger partial charge in [-0.3, -0.25) is 4.79 Å². The molecule has 6 nitrogen and oxygen atoms in total. The second-order valence-corrected chi connectivity index (χ2v) is 5.71. The molecule has 0 bridgehead atoms. The highest BCUT2D eigenvalue weighted by Crippen LogP contribution is 2.17. The van der Waals surface area contributed by atoms with Crippen LogP contribution in [-0.4, -0.2) is 51.5 Å². The van der Waals surface area contributed by atoms with E-state index < -0.39 is 0 Å². The number of hydrogen-bond donors (Lipinski definition) is 1. The largest absolute Gasteiger partial charge is 0.352 e. The Kier molecular flexibility index (Phi) is 3.88. The van der Waals surface area contributed by atoms with Crippen LogP contribution in [0.15, 0.2) is 18.6 Å². The standard InChI is InChI=1S/C15H21N5O/c1-19-9-3-4-11(19)5-7-17-15(21)12-6-8-16-14-13(12)18-10-20(14)2/h6,8,10-11H,3-5,7,9H2,1-2H3,(H,17,21). The summed E-state index contributed by atoms with van der Waals surface area (Å²) in [4.78, 5) is 23.2. The highest BCUT2D eigenvalue weighted by atomic mass is 16.1. The van der Waals surface area contributed by atoms with Crippen molar-refractivity contribution >= 4 is 17.1 Å². The zero-order valence-corrected chi connectivity index (χ0v) is 12.5. The van der Waals surface area contributed by atoms with Crippen molar-refractivity contribution in [2.24, 2.45) is 7.05 Å². The van der Waals surface area contributed by atoms with Crippen LogP contribution in [0.25, 0.3) is 11.2 Å². The number of rotatable bonds is 4. The molecule has 21 heavy (non-hydrogen) atoms. The summed E-state index contributed by atoms with van der Waals surface area (Å²) >= 11 is 0. The molecule has 1 amide bonds. The van der Waals surface area contributed by atoms with E-state index in [-0.39, 0.29) is 5.91 Å². The van der Waals surface area contributed by atoms with Gasteiger partial charge in [0, 0.05) is 25.8 Å². The number of imidazole rings is 1. The average Bonchev–Trinajstić information content (AvgIpc) is 3.06. The minimum Gasteiger partial charge on any atom is -0.352 e. The predicted molar refractivity (Wildman–Crippen MR) is 81.1 cm³/mol. The molecule has 1 atom stereocenters. The number of nitrogens with zero attached hydrogens (tertiary/aromatic N) is 4. The Hall–Kier alpha value is -1.95. The van der Waals surface area contributed by atoms with Gasteiger partial charge in [-0.1, -0.05) is 0 Å². The number of pyridine rings is 1. The summed E-state index contributed by atoms with van der Waals surface area (Å²) in [5, 5.41) is 3.01. The lowest BCUT2D eigenvalue weighted by molar-refractivity contribution is 0.0951. The van der Waals surface area contributed by atoms with Gasteiger partial charge in [0.15, 0.2) is 5.65 Å². The highest BCUT2D eigenvalue weighted by Gasteiger charge is 2.20. The van der Waals surface area contributed by atoms with Crippen LogP contribution in [0.5, 0.6) is 0 Å². The first-order valence-corrected chi connectivity index (χ1v) is 7.41. The number of aryl methyl sites for hydroxylation is 1. The summed E-state index contributed by atoms with van der Waals surface area (Å²) in [6.45, 7) is 1.86. The molecule has 1 unspecified atom stereocenters. The van der Waals surface area contributed by atoms with E-state index in [1.807, 2.05) is 11.6 Å². The Morgan fingerprint density at radius 3 is 3.05 bits per heavy atom. The molecule has 0 aromatic carbocycles. The van der Waals surface area contributed by atoms with Crippen molar-refractivity contribution in [2.45, 2.75) is 25.3 Å². The van der Waals surface area contributed by atoms with Crippen LogP contribution < -0.4 is 5.32 Å². The van der Waals surface area contributed by atoms with Gasteiger partial charge in [0.05, 0.1) is 11.9 Å². The third-order valence-corrected chi connectivity index (χ3v) is 4.28. The summed E-state index contributed by atoms with van der Waals surface area (Å²) in [7, 11) is 4.03. The smallest absolute Gasteiger partial charge is 0.253 e. The van der Waals surface area contributed by atoms with E-state index >= 15 is 0 Å². The van der Waals surface area contributed by atoms with E-state index in [1.165, 1.54) is 12.8 Å². The van der Waals surface area contributed by atoms with E-state index in [2.05, 4.69) is 27.2 Å². The Morgan fingerprint density at radius 2 is 2.29 bits per heavy atom. The Labute approximate surface area is 124 Å². The van der Waals surface area contributed by atoms with Gasteiger partial charge in [-0.2, -0.15) is 0 Å². The fourth-order valence-electron chi connectivity index (χ4n) is 3.00. The predicted octanol–water partition coefficient (Wildman–Crippen LogP) is 1.18. The van der Waals surface area contributed by atoms with Crippen molar-refractivity contribution < 1.29 is 4.79 Å². The van der Waals surface area contributed by atoms with Crippen molar-refractivity contribution in [3.05, 3.63) is 24.2 Å². The van der Waals surface area contributed by atoms with Crippen LogP contribution in [0.1, 0.15) is 29.6 Å². The number of hydrogen-bond acceptors (Lipinski definition) is 4. The quantitative estimate of drug-likeness (QED) is 0.917. The molecule has 1 N–H and O–H groups in total. The molecule has 3 rings (SSSR count). The van der Waals surface area contributed by atoms with E-state index in [4.69, 9.17) is 0 Å². The zero-order chi connectivity index (χ0) is 14.8. The molecule has 6 heteroatoms. The minimum atomic E-state index is -0.0678. The molecule has 0 aliphatic carbocycles. The Morgan fingerprint density at radius 1 is 1.43 bits per heavy atom. The van der Waals surface area contributed by atoms with Gasteiger partial charge in [-0.15, -0.1) is 0 Å². The lowest BCUT2D eigenvalue weighted by Crippen LogP contribution is -2.31. The molecule has 2 aromatic rings. The van der Waals surface area contributed by atoms with Gasteiger partial charge < -0.3 is 14.8 Å². The van der Waals surface area contributed by atoms with Crippen LogP contribution in [0.3, 0.4) is 0 Å². The van der Waals surface area contributed by atoms with Crippen LogP contribution in [0.2, 0.25) is 0 Å². The van der Waals surface area contributed by atoms with Crippen LogP contribution in [-0.2, 0) is 7.05 Å². The van der Waals surface area contributed by atoms with E-state index in [0.29, 0.717) is 23.7 Å². The first kappa shape index (κ1) is 14.0. The van der Waals surface area contributed by atoms with Crippen molar-refractivity contribution in [1.82, 2.24) is 24.8 Å². The molecule has 1 saturated heterocycles. The molecule has 0 spiro atoms. The number of amides is 1. The molecular formula is C15H21N5O. The van der Waals surface area contributed by atoms with Crippen molar-refractivity contribution in [3.8, 4) is 0 Å². The fourth-order valence-corrected chi connectivity index (χ4v) is 3.00. The van der Waals surface area contributed by atoms with Gasteiger partial charge in [0.25, 0.3) is 5.91 Å². The number of carbonyl (C=O) groups excluding carboxylic acids is 1. The van der Waals surface area contributed by atoms with Crippen LogP contribution in [0, 0.1) is 0 Å². The van der Waals surface area contributed by atoms with Crippen molar-refractivity contribution in [1.29, 1.82) is 0 Å². The summed E-state index contributed by atoms with van der Waals surface area (Å²) in [5.74, 6) is -0.0678. The number of carbonyl (C=O) groups is 1. The highest BCUT2D eigenvalue weighted by molar-refractivity contribution is 6.03. The molecule has 1 fully saturated rings. The van der Waals surface area contributed by atoms with Gasteiger partial charge in [-0.25, -0.2) is 9.97 Å². The van der Waals surface area contributed by atoms with E-state index in [9.17, 15) is 4.79 Å². The lowest BCUT2D eigenvalue weighted by Gasteiger charge is -2.19. The van der Waals surface area contributed by atoms with E-state index in [1.54, 1.807) is 18.6 Å². The first-order chi connectivity index (χ1) is 10.2. The molecule has 112 valence electrons. The summed E-state index contributed by atoms with van der Waals surface area (Å²) < 4.78 is 1.82. The summed E-state index contributed by atoms with van der Waals surface area (Å²) in [5.41, 5.74) is 1.99. The van der Waals surface area contributed by atoms with E-state index in [0.717, 1.165) is 18.6 Å². The summed E-state index contributed by atoms with van der Waals surface area (Å²) in [6.07, 6.45) is 6.82. The number of fused-ring (bicyclic) bond motifs is 1. The molecular weight excluding hydrogens is 266 g/mol. The van der Waals surface area contributed by atoms with Crippen molar-refractivity contribution in [2.75, 3.05) is 20.1 Å². The fraction of sp³-hybridized carbons (Fsp3) is 0.533. The van der Waals surface area contributed by atoms with Crippen LogP contribution in [0.4, 0.5) is 0 Å². The Bertz CT molecular complexity index is 651. The van der Waals surface area contributed by atoms with Gasteiger partial charge in [0.1, 0.15) is 5.52 Å². The van der Waals surface area contributed by atoms with Gasteiger partial charge >= 0.3 is 0 Å². The maximum absolute atomic E-state index is 12.3. The molecule has 0 saturated carbocycles. The normalized spacial score (nSPS) is 19.2. The number of likely N-dealkylation sites (tertiary alicyclic amines) is 1. The molecule has 3 heterocycles. The molecule has 2 aromatic heterocycles. The monoisotopic (exact) mass is 287 g/mol. The molecule has 1 aliphatic heterocycles. The number of nitrogens with one attached hydrogen (secondary N) is 1. The second-order valence-electron chi connectivity index (χ2n) is 5.71. The molecule has 0 radical (unpaired) electrons. The Balaban J connectivity index is 1.64. The number of aromatic nitrogens is 3. The van der Waals surface area contributed by atoms with Crippen LogP contribution >= 0.6 is 0 Å². The second kappa shape index (κ2) is 5.81. The SMILES string of the molecule is CN1CCCC1CCNC(=O)c1ccnc2c1ncn2C. The first-order valence-electron chi connectivity index (χ1n) is 7.41. The average molecular weight is 287 g/mol. The van der Waals surface area contributed by atoms with Gasteiger partial charge in [0.2, 0.25) is 0 Å². The third kappa shape index (κ3) is 2.76. The van der Waals surface area contributed by atoms with Crippen molar-refractivity contribution in [3.63, 3.8) is 0 Å². The maximum Gasteiger partial charge on any atom is 0.253 e. The lowest BCUT2D eigenvalue weighted by atomic mass is 10.1. The van der Waals surface area contributed by atoms with Gasteiger partial charge in [-0.05, 0) is 38.9 Å². The topological polar surface area (TPSA) is 63.1 Å². The summed E-state index contributed by atoms with van der Waals surface area (Å²) in [6, 6.07) is 2.32. The molecule has 1 aliphatic rings. The maximum atomic E-state index is 12.3.